The van der Waals surface area contributed by atoms with Gasteiger partial charge >= 0.3 is 5.97 Å². The first-order valence-electron chi connectivity index (χ1n) is 10.1. The van der Waals surface area contributed by atoms with E-state index >= 15 is 0 Å². The molecule has 1 aromatic carbocycles. The van der Waals surface area contributed by atoms with Gasteiger partial charge in [-0.25, -0.2) is 13.2 Å². The van der Waals surface area contributed by atoms with Crippen LogP contribution in [-0.4, -0.2) is 40.6 Å². The van der Waals surface area contributed by atoms with Crippen molar-refractivity contribution in [1.29, 1.82) is 0 Å². The Balaban J connectivity index is 1.71. The molecule has 1 aromatic heterocycles. The topological polar surface area (TPSA) is 123 Å². The van der Waals surface area contributed by atoms with Crippen LogP contribution in [0.1, 0.15) is 52.3 Å². The van der Waals surface area contributed by atoms with Crippen molar-refractivity contribution < 1.29 is 36.8 Å². The molecule has 2 rings (SSSR count). The van der Waals surface area contributed by atoms with E-state index in [1.165, 1.54) is 6.92 Å². The van der Waals surface area contributed by atoms with E-state index in [2.05, 4.69) is 15.5 Å². The summed E-state index contributed by atoms with van der Waals surface area (Å²) in [6, 6.07) is 1.49. The molecule has 180 valence electrons. The molecule has 0 fully saturated rings. The number of anilines is 1. The van der Waals surface area contributed by atoms with Crippen LogP contribution in [0.25, 0.3) is 0 Å². The number of esters is 1. The zero-order valence-electron chi connectivity index (χ0n) is 18.6. The largest absolute Gasteiger partial charge is 0.453 e. The number of hydrogen-bond donors (Lipinski definition) is 2. The van der Waals surface area contributed by atoms with Gasteiger partial charge in [0.25, 0.3) is 5.91 Å². The van der Waals surface area contributed by atoms with Crippen molar-refractivity contribution in [2.24, 2.45) is 0 Å². The van der Waals surface area contributed by atoms with Gasteiger partial charge in [-0.3, -0.25) is 14.4 Å². The van der Waals surface area contributed by atoms with Crippen LogP contribution in [0.3, 0.4) is 0 Å². The molecule has 0 bridgehead atoms. The molecule has 0 aliphatic heterocycles. The van der Waals surface area contributed by atoms with Gasteiger partial charge < -0.3 is 19.9 Å². The highest BCUT2D eigenvalue weighted by Gasteiger charge is 2.22. The van der Waals surface area contributed by atoms with Crippen LogP contribution >= 0.6 is 0 Å². The standard InChI is InChI=1S/C21H25F3N4O5/c1-11(32-16(30)7-5-6-15-27-20(28-33-15)21(2,3)4)19(31)25-10-14(29)26-13-9-8-12(22)17(23)18(13)24/h8-9,11H,5-7,10H2,1-4H3,(H,25,31)(H,26,29). The molecule has 1 unspecified atom stereocenters. The highest BCUT2D eigenvalue weighted by molar-refractivity contribution is 5.95. The van der Waals surface area contributed by atoms with Crippen molar-refractivity contribution in [3.63, 3.8) is 0 Å². The Morgan fingerprint density at radius 1 is 1.15 bits per heavy atom. The van der Waals surface area contributed by atoms with Crippen molar-refractivity contribution in [2.75, 3.05) is 11.9 Å². The van der Waals surface area contributed by atoms with Gasteiger partial charge in [0, 0.05) is 18.3 Å². The highest BCUT2D eigenvalue weighted by atomic mass is 19.2. The third-order valence-corrected chi connectivity index (χ3v) is 4.32. The fourth-order valence-electron chi connectivity index (χ4n) is 2.48. The maximum Gasteiger partial charge on any atom is 0.306 e. The number of rotatable bonds is 9. The molecule has 0 radical (unpaired) electrons. The van der Waals surface area contributed by atoms with Crippen molar-refractivity contribution in [3.05, 3.63) is 41.3 Å². The first-order chi connectivity index (χ1) is 15.4. The molecule has 12 heteroatoms. The van der Waals surface area contributed by atoms with Crippen LogP contribution in [0.15, 0.2) is 16.7 Å². The minimum absolute atomic E-state index is 0.000739. The van der Waals surface area contributed by atoms with Gasteiger partial charge in [-0.1, -0.05) is 25.9 Å². The van der Waals surface area contributed by atoms with E-state index in [-0.39, 0.29) is 11.8 Å². The zero-order valence-corrected chi connectivity index (χ0v) is 18.6. The summed E-state index contributed by atoms with van der Waals surface area (Å²) < 4.78 is 49.8. The summed E-state index contributed by atoms with van der Waals surface area (Å²) in [5.74, 6) is -6.04. The molecule has 33 heavy (non-hydrogen) atoms. The van der Waals surface area contributed by atoms with Gasteiger partial charge in [-0.15, -0.1) is 0 Å². The molecule has 0 aliphatic rings. The molecular formula is C21H25F3N4O5. The van der Waals surface area contributed by atoms with Crippen LogP contribution in [0, 0.1) is 17.5 Å². The average molecular weight is 470 g/mol. The minimum atomic E-state index is -1.73. The SMILES string of the molecule is CC(OC(=O)CCCc1nc(C(C)(C)C)no1)C(=O)NCC(=O)Nc1ccc(F)c(F)c1F. The van der Waals surface area contributed by atoms with Crippen molar-refractivity contribution in [2.45, 2.75) is 58.5 Å². The molecule has 2 aromatic rings. The van der Waals surface area contributed by atoms with E-state index in [0.717, 1.165) is 6.07 Å². The zero-order chi connectivity index (χ0) is 24.8. The Hall–Kier alpha value is -3.44. The highest BCUT2D eigenvalue weighted by Crippen LogP contribution is 2.20. The lowest BCUT2D eigenvalue weighted by molar-refractivity contribution is -0.154. The summed E-state index contributed by atoms with van der Waals surface area (Å²) in [7, 11) is 0. The third kappa shape index (κ3) is 7.58. The maximum absolute atomic E-state index is 13.6. The number of nitrogens with one attached hydrogen (secondary N) is 2. The average Bonchev–Trinajstić information content (AvgIpc) is 3.22. The lowest BCUT2D eigenvalue weighted by Crippen LogP contribution is -2.40. The van der Waals surface area contributed by atoms with Crippen molar-refractivity contribution in [3.8, 4) is 0 Å². The van der Waals surface area contributed by atoms with Gasteiger partial charge in [-0.05, 0) is 25.5 Å². The number of aromatic nitrogens is 2. The molecule has 1 heterocycles. The van der Waals surface area contributed by atoms with Gasteiger partial charge in [-0.2, -0.15) is 4.98 Å². The molecule has 2 N–H and O–H groups in total. The molecule has 1 atom stereocenters. The molecule has 9 nitrogen and oxygen atoms in total. The monoisotopic (exact) mass is 470 g/mol. The normalized spacial score (nSPS) is 12.2. The summed E-state index contributed by atoms with van der Waals surface area (Å²) in [6.45, 7) is 6.53. The molecule has 0 spiro atoms. The van der Waals surface area contributed by atoms with E-state index in [1.807, 2.05) is 26.1 Å². The lowest BCUT2D eigenvalue weighted by Gasteiger charge is -2.13. The molecule has 0 aliphatic carbocycles. The van der Waals surface area contributed by atoms with E-state index in [0.29, 0.717) is 30.6 Å². The summed E-state index contributed by atoms with van der Waals surface area (Å²) in [5, 5.41) is 8.09. The quantitative estimate of drug-likeness (QED) is 0.427. The van der Waals surface area contributed by atoms with E-state index in [4.69, 9.17) is 9.26 Å². The number of amides is 2. The number of ether oxygens (including phenoxy) is 1. The van der Waals surface area contributed by atoms with Gasteiger partial charge in [0.1, 0.15) is 0 Å². The van der Waals surface area contributed by atoms with Gasteiger partial charge in [0.05, 0.1) is 12.2 Å². The summed E-state index contributed by atoms with van der Waals surface area (Å²) in [5.41, 5.74) is -0.840. The van der Waals surface area contributed by atoms with E-state index in [1.54, 1.807) is 0 Å². The lowest BCUT2D eigenvalue weighted by atomic mass is 9.96. The second-order valence-corrected chi connectivity index (χ2v) is 8.24. The molecule has 0 saturated heterocycles. The van der Waals surface area contributed by atoms with Crippen LogP contribution in [-0.2, 0) is 31.0 Å². The Morgan fingerprint density at radius 3 is 2.48 bits per heavy atom. The molecule has 0 saturated carbocycles. The van der Waals surface area contributed by atoms with E-state index in [9.17, 15) is 27.6 Å². The van der Waals surface area contributed by atoms with Crippen LogP contribution in [0.5, 0.6) is 0 Å². The smallest absolute Gasteiger partial charge is 0.306 e. The van der Waals surface area contributed by atoms with Crippen LogP contribution < -0.4 is 10.6 Å². The predicted molar refractivity (Wildman–Crippen MR) is 109 cm³/mol. The van der Waals surface area contributed by atoms with Crippen LogP contribution in [0.2, 0.25) is 0 Å². The number of hydrogen-bond acceptors (Lipinski definition) is 7. The maximum atomic E-state index is 13.6. The Bertz CT molecular complexity index is 1020. The number of halogens is 3. The summed E-state index contributed by atoms with van der Waals surface area (Å²) in [6.07, 6.45) is -0.470. The Labute approximate surface area is 188 Å². The number of carbonyl (C=O) groups excluding carboxylic acids is 3. The van der Waals surface area contributed by atoms with Crippen LogP contribution in [0.4, 0.5) is 18.9 Å². The van der Waals surface area contributed by atoms with Crippen molar-refractivity contribution in [1.82, 2.24) is 15.5 Å². The Kier molecular flexibility index (Phi) is 8.55. The molecular weight excluding hydrogens is 445 g/mol. The Morgan fingerprint density at radius 2 is 1.85 bits per heavy atom. The van der Waals surface area contributed by atoms with Crippen molar-refractivity contribution >= 4 is 23.5 Å². The van der Waals surface area contributed by atoms with Gasteiger partial charge in [0.15, 0.2) is 29.4 Å². The number of benzene rings is 1. The summed E-state index contributed by atoms with van der Waals surface area (Å²) in [4.78, 5) is 40.0. The fraction of sp³-hybridized carbons (Fsp3) is 0.476. The number of aryl methyl sites for hydroxylation is 1. The number of carbonyl (C=O) groups is 3. The fourth-order valence-corrected chi connectivity index (χ4v) is 2.48. The van der Waals surface area contributed by atoms with E-state index < -0.39 is 53.6 Å². The number of nitrogens with zero attached hydrogens (tertiary/aromatic N) is 2. The third-order valence-electron chi connectivity index (χ3n) is 4.32. The second-order valence-electron chi connectivity index (χ2n) is 8.24. The van der Waals surface area contributed by atoms with Gasteiger partial charge in [0.2, 0.25) is 11.8 Å². The molecule has 2 amide bonds. The first-order valence-corrected chi connectivity index (χ1v) is 10.1. The predicted octanol–water partition coefficient (Wildman–Crippen LogP) is 2.79. The first kappa shape index (κ1) is 25.8. The minimum Gasteiger partial charge on any atom is -0.453 e. The summed E-state index contributed by atoms with van der Waals surface area (Å²) >= 11 is 0. The second kappa shape index (κ2) is 10.9.